The molecule has 2 fully saturated rings. The number of hydrogen-bond acceptors (Lipinski definition) is 3. The SMILES string of the molecule is CC(C)(O)CN1CCCC1C1CCCCC1O. The van der Waals surface area contributed by atoms with Crippen molar-refractivity contribution < 1.29 is 10.2 Å². The van der Waals surface area contributed by atoms with Gasteiger partial charge in [0.2, 0.25) is 0 Å². The van der Waals surface area contributed by atoms with E-state index in [1.54, 1.807) is 0 Å². The predicted octanol–water partition coefficient (Wildman–Crippen LogP) is 1.77. The van der Waals surface area contributed by atoms with Gasteiger partial charge in [0.25, 0.3) is 0 Å². The van der Waals surface area contributed by atoms with Crippen molar-refractivity contribution in [2.45, 2.75) is 70.1 Å². The van der Waals surface area contributed by atoms with Gasteiger partial charge in [-0.1, -0.05) is 12.8 Å². The molecule has 2 rings (SSSR count). The predicted molar refractivity (Wildman–Crippen MR) is 68.9 cm³/mol. The molecule has 0 aromatic heterocycles. The smallest absolute Gasteiger partial charge is 0.0718 e. The van der Waals surface area contributed by atoms with Gasteiger partial charge in [0.15, 0.2) is 0 Å². The van der Waals surface area contributed by atoms with Crippen LogP contribution in [0.5, 0.6) is 0 Å². The van der Waals surface area contributed by atoms with E-state index in [2.05, 4.69) is 4.90 Å². The lowest BCUT2D eigenvalue weighted by Gasteiger charge is -2.39. The fraction of sp³-hybridized carbons (Fsp3) is 1.00. The zero-order chi connectivity index (χ0) is 12.5. The van der Waals surface area contributed by atoms with Crippen LogP contribution in [0.3, 0.4) is 0 Å². The van der Waals surface area contributed by atoms with E-state index < -0.39 is 5.60 Å². The standard InChI is InChI=1S/C14H27NO2/c1-14(2,17)10-15-9-5-7-12(15)11-6-3-4-8-13(11)16/h11-13,16-17H,3-10H2,1-2H3. The lowest BCUT2D eigenvalue weighted by Crippen LogP contribution is -2.47. The van der Waals surface area contributed by atoms with Crippen LogP contribution in [0, 0.1) is 5.92 Å². The molecule has 2 N–H and O–H groups in total. The summed E-state index contributed by atoms with van der Waals surface area (Å²) in [6, 6.07) is 0.497. The van der Waals surface area contributed by atoms with Crippen molar-refractivity contribution in [3.05, 3.63) is 0 Å². The molecule has 3 nitrogen and oxygen atoms in total. The Morgan fingerprint density at radius 3 is 2.47 bits per heavy atom. The maximum absolute atomic E-state index is 10.2. The monoisotopic (exact) mass is 241 g/mol. The number of likely N-dealkylation sites (tertiary alicyclic amines) is 1. The average Bonchev–Trinajstić information content (AvgIpc) is 2.64. The molecule has 3 heteroatoms. The number of rotatable bonds is 3. The van der Waals surface area contributed by atoms with Gasteiger partial charge >= 0.3 is 0 Å². The minimum absolute atomic E-state index is 0.115. The van der Waals surface area contributed by atoms with Crippen LogP contribution in [0.1, 0.15) is 52.4 Å². The molecule has 0 bridgehead atoms. The van der Waals surface area contributed by atoms with E-state index >= 15 is 0 Å². The first-order valence-corrected chi connectivity index (χ1v) is 7.12. The van der Waals surface area contributed by atoms with Gasteiger partial charge in [0.1, 0.15) is 0 Å². The van der Waals surface area contributed by atoms with Gasteiger partial charge in [0.05, 0.1) is 11.7 Å². The number of nitrogens with zero attached hydrogens (tertiary/aromatic N) is 1. The molecule has 0 aromatic rings. The summed E-state index contributed by atoms with van der Waals surface area (Å²) < 4.78 is 0. The van der Waals surface area contributed by atoms with Gasteiger partial charge in [-0.15, -0.1) is 0 Å². The minimum Gasteiger partial charge on any atom is -0.393 e. The van der Waals surface area contributed by atoms with Gasteiger partial charge in [-0.2, -0.15) is 0 Å². The van der Waals surface area contributed by atoms with E-state index in [1.165, 1.54) is 25.7 Å². The van der Waals surface area contributed by atoms with Crippen molar-refractivity contribution in [3.8, 4) is 0 Å². The highest BCUT2D eigenvalue weighted by atomic mass is 16.3. The van der Waals surface area contributed by atoms with Crippen LogP contribution in [0.15, 0.2) is 0 Å². The number of aliphatic hydroxyl groups is 2. The van der Waals surface area contributed by atoms with Gasteiger partial charge in [0, 0.05) is 18.5 Å². The third-order valence-corrected chi connectivity index (χ3v) is 4.28. The fourth-order valence-corrected chi connectivity index (χ4v) is 3.62. The van der Waals surface area contributed by atoms with E-state index in [4.69, 9.17) is 0 Å². The molecule has 1 aliphatic heterocycles. The van der Waals surface area contributed by atoms with Crippen LogP contribution in [-0.2, 0) is 0 Å². The number of β-amino-alcohol motifs (C(OH)–C–C–N with tert-alkyl or cyclic N) is 1. The Kier molecular flexibility index (Phi) is 4.11. The third kappa shape index (κ3) is 3.43. The van der Waals surface area contributed by atoms with Crippen molar-refractivity contribution in [2.24, 2.45) is 5.92 Å². The van der Waals surface area contributed by atoms with Gasteiger partial charge in [-0.25, -0.2) is 0 Å². The minimum atomic E-state index is -0.623. The van der Waals surface area contributed by atoms with Gasteiger partial charge in [-0.05, 0) is 46.1 Å². The molecule has 1 aliphatic carbocycles. The zero-order valence-corrected chi connectivity index (χ0v) is 11.2. The van der Waals surface area contributed by atoms with E-state index in [-0.39, 0.29) is 6.10 Å². The first kappa shape index (κ1) is 13.3. The second kappa shape index (κ2) is 5.25. The van der Waals surface area contributed by atoms with Crippen molar-refractivity contribution in [1.82, 2.24) is 4.90 Å². The van der Waals surface area contributed by atoms with E-state index in [0.717, 1.165) is 25.9 Å². The van der Waals surface area contributed by atoms with Crippen molar-refractivity contribution >= 4 is 0 Å². The summed E-state index contributed by atoms with van der Waals surface area (Å²) in [7, 11) is 0. The Balaban J connectivity index is 1.98. The molecule has 2 aliphatic rings. The Bertz CT molecular complexity index is 249. The molecule has 1 saturated carbocycles. The maximum atomic E-state index is 10.2. The molecule has 0 spiro atoms. The van der Waals surface area contributed by atoms with Crippen molar-refractivity contribution in [3.63, 3.8) is 0 Å². The fourth-order valence-electron chi connectivity index (χ4n) is 3.62. The summed E-state index contributed by atoms with van der Waals surface area (Å²) in [5.41, 5.74) is -0.623. The Morgan fingerprint density at radius 1 is 1.12 bits per heavy atom. The summed E-state index contributed by atoms with van der Waals surface area (Å²) in [5.74, 6) is 0.439. The average molecular weight is 241 g/mol. The van der Waals surface area contributed by atoms with Crippen LogP contribution in [0.4, 0.5) is 0 Å². The Labute approximate surface area is 105 Å². The van der Waals surface area contributed by atoms with E-state index in [1.807, 2.05) is 13.8 Å². The van der Waals surface area contributed by atoms with Crippen LogP contribution < -0.4 is 0 Å². The summed E-state index contributed by atoms with van der Waals surface area (Å²) in [6.45, 7) is 5.57. The molecule has 100 valence electrons. The molecule has 1 saturated heterocycles. The van der Waals surface area contributed by atoms with Crippen LogP contribution in [-0.4, -0.2) is 45.9 Å². The number of hydrogen-bond donors (Lipinski definition) is 2. The lowest BCUT2D eigenvalue weighted by atomic mass is 9.80. The topological polar surface area (TPSA) is 43.7 Å². The highest BCUT2D eigenvalue weighted by Crippen LogP contribution is 2.35. The largest absolute Gasteiger partial charge is 0.393 e. The summed E-state index contributed by atoms with van der Waals surface area (Å²) >= 11 is 0. The summed E-state index contributed by atoms with van der Waals surface area (Å²) in [5, 5.41) is 20.1. The highest BCUT2D eigenvalue weighted by molar-refractivity contribution is 4.92. The van der Waals surface area contributed by atoms with Gasteiger partial charge < -0.3 is 10.2 Å². The first-order chi connectivity index (χ1) is 7.97. The molecular weight excluding hydrogens is 214 g/mol. The molecule has 3 atom stereocenters. The quantitative estimate of drug-likeness (QED) is 0.791. The molecule has 0 aromatic carbocycles. The van der Waals surface area contributed by atoms with E-state index in [0.29, 0.717) is 12.0 Å². The Hall–Kier alpha value is -0.120. The van der Waals surface area contributed by atoms with Crippen molar-refractivity contribution in [1.29, 1.82) is 0 Å². The molecule has 17 heavy (non-hydrogen) atoms. The summed E-state index contributed by atoms with van der Waals surface area (Å²) in [4.78, 5) is 2.40. The molecule has 0 amide bonds. The molecular formula is C14H27NO2. The molecule has 1 heterocycles. The van der Waals surface area contributed by atoms with Gasteiger partial charge in [-0.3, -0.25) is 4.90 Å². The van der Waals surface area contributed by atoms with E-state index in [9.17, 15) is 10.2 Å². The maximum Gasteiger partial charge on any atom is 0.0718 e. The molecule has 0 radical (unpaired) electrons. The Morgan fingerprint density at radius 2 is 1.82 bits per heavy atom. The second-order valence-electron chi connectivity index (χ2n) is 6.51. The second-order valence-corrected chi connectivity index (χ2v) is 6.51. The normalized spacial score (nSPS) is 36.4. The highest BCUT2D eigenvalue weighted by Gasteiger charge is 2.38. The van der Waals surface area contributed by atoms with Crippen molar-refractivity contribution in [2.75, 3.05) is 13.1 Å². The number of aliphatic hydroxyl groups excluding tert-OH is 1. The summed E-state index contributed by atoms with van der Waals surface area (Å²) in [6.07, 6.45) is 6.86. The lowest BCUT2D eigenvalue weighted by molar-refractivity contribution is -0.0121. The first-order valence-electron chi connectivity index (χ1n) is 7.12. The molecule has 3 unspecified atom stereocenters. The van der Waals surface area contributed by atoms with Crippen LogP contribution in [0.2, 0.25) is 0 Å². The van der Waals surface area contributed by atoms with Crippen LogP contribution >= 0.6 is 0 Å². The van der Waals surface area contributed by atoms with Crippen LogP contribution in [0.25, 0.3) is 0 Å². The third-order valence-electron chi connectivity index (χ3n) is 4.28. The zero-order valence-electron chi connectivity index (χ0n) is 11.2.